The lowest BCUT2D eigenvalue weighted by molar-refractivity contribution is -0.139. The van der Waals surface area contributed by atoms with E-state index in [4.69, 9.17) is 4.74 Å². The molecule has 8 heteroatoms. The Morgan fingerprint density at radius 3 is 2.29 bits per heavy atom. The van der Waals surface area contributed by atoms with Gasteiger partial charge in [0.2, 0.25) is 0 Å². The number of amides is 1. The van der Waals surface area contributed by atoms with Crippen LogP contribution in [0.2, 0.25) is 0 Å². The molecule has 21 heavy (non-hydrogen) atoms. The lowest BCUT2D eigenvalue weighted by atomic mass is 10.1. The summed E-state index contributed by atoms with van der Waals surface area (Å²) in [5.74, 6) is -1.13. The van der Waals surface area contributed by atoms with Gasteiger partial charge in [0.25, 0.3) is 0 Å². The minimum absolute atomic E-state index is 0.119. The average Bonchev–Trinajstić information content (AvgIpc) is 2.23. The molecule has 0 saturated heterocycles. The molecule has 0 bridgehead atoms. The van der Waals surface area contributed by atoms with Crippen molar-refractivity contribution < 1.29 is 19.4 Å². The van der Waals surface area contributed by atoms with Gasteiger partial charge in [0.05, 0.1) is 0 Å². The van der Waals surface area contributed by atoms with Crippen LogP contribution in [0.1, 0.15) is 26.3 Å². The number of hydrogen-bond donors (Lipinski definition) is 2. The van der Waals surface area contributed by atoms with E-state index in [0.29, 0.717) is 14.8 Å². The first-order valence-electron chi connectivity index (χ1n) is 6.11. The molecular weight excluding hydrogens is 408 g/mol. The lowest BCUT2D eigenvalue weighted by Gasteiger charge is -2.22. The molecule has 1 amide bonds. The van der Waals surface area contributed by atoms with Crippen LogP contribution in [-0.4, -0.2) is 33.8 Å². The van der Waals surface area contributed by atoms with Gasteiger partial charge in [-0.15, -0.1) is 0 Å². The second-order valence-corrected chi connectivity index (χ2v) is 6.99. The smallest absolute Gasteiger partial charge is 0.408 e. The van der Waals surface area contributed by atoms with Crippen LogP contribution in [-0.2, 0) is 16.0 Å². The van der Waals surface area contributed by atoms with E-state index in [9.17, 15) is 14.7 Å². The summed E-state index contributed by atoms with van der Waals surface area (Å²) in [5, 5.41) is 11.6. The molecule has 1 aromatic rings. The van der Waals surface area contributed by atoms with Gasteiger partial charge in [0, 0.05) is 6.42 Å². The fourth-order valence-electron chi connectivity index (χ4n) is 1.52. The molecule has 1 unspecified atom stereocenters. The normalized spacial score (nSPS) is 12.6. The van der Waals surface area contributed by atoms with Crippen molar-refractivity contribution in [1.82, 2.24) is 10.3 Å². The highest BCUT2D eigenvalue weighted by atomic mass is 79.9. The second kappa shape index (κ2) is 7.22. The van der Waals surface area contributed by atoms with Gasteiger partial charge in [0.1, 0.15) is 20.8 Å². The van der Waals surface area contributed by atoms with Gasteiger partial charge >= 0.3 is 12.1 Å². The molecule has 0 aliphatic carbocycles. The Balaban J connectivity index is 2.78. The zero-order valence-corrected chi connectivity index (χ0v) is 15.0. The Morgan fingerprint density at radius 2 is 1.86 bits per heavy atom. The van der Waals surface area contributed by atoms with E-state index in [1.807, 2.05) is 0 Å². The molecule has 1 aromatic heterocycles. The minimum Gasteiger partial charge on any atom is -0.480 e. The zero-order chi connectivity index (χ0) is 16.2. The summed E-state index contributed by atoms with van der Waals surface area (Å²) < 4.78 is 6.21. The molecule has 0 aliphatic rings. The van der Waals surface area contributed by atoms with E-state index in [-0.39, 0.29) is 6.42 Å². The van der Waals surface area contributed by atoms with Gasteiger partial charge in [-0.1, -0.05) is 0 Å². The minimum atomic E-state index is -1.13. The summed E-state index contributed by atoms with van der Waals surface area (Å²) in [5.41, 5.74) is 0.0303. The highest BCUT2D eigenvalue weighted by Crippen LogP contribution is 2.17. The number of halogens is 2. The quantitative estimate of drug-likeness (QED) is 0.726. The predicted octanol–water partition coefficient (Wildman–Crippen LogP) is 3.13. The van der Waals surface area contributed by atoms with E-state index < -0.39 is 23.7 Å². The fourth-order valence-corrected chi connectivity index (χ4v) is 2.73. The van der Waals surface area contributed by atoms with Crippen LogP contribution in [0.4, 0.5) is 4.79 Å². The Morgan fingerprint density at radius 1 is 1.33 bits per heavy atom. The van der Waals surface area contributed by atoms with E-state index in [1.54, 1.807) is 32.9 Å². The van der Waals surface area contributed by atoms with Crippen LogP contribution in [0.3, 0.4) is 0 Å². The third kappa shape index (κ3) is 6.90. The van der Waals surface area contributed by atoms with Crippen LogP contribution in [0.15, 0.2) is 21.3 Å². The van der Waals surface area contributed by atoms with Crippen molar-refractivity contribution in [2.75, 3.05) is 0 Å². The van der Waals surface area contributed by atoms with Gasteiger partial charge in [-0.3, -0.25) is 0 Å². The third-order valence-electron chi connectivity index (χ3n) is 2.25. The number of hydrogen-bond acceptors (Lipinski definition) is 4. The van der Waals surface area contributed by atoms with E-state index in [1.165, 1.54) is 0 Å². The summed E-state index contributed by atoms with van der Waals surface area (Å²) >= 11 is 6.46. The van der Waals surface area contributed by atoms with E-state index in [0.717, 1.165) is 0 Å². The van der Waals surface area contributed by atoms with Crippen molar-refractivity contribution in [3.8, 4) is 0 Å². The number of nitrogens with zero attached hydrogens (tertiary/aromatic N) is 1. The van der Waals surface area contributed by atoms with Crippen molar-refractivity contribution in [3.63, 3.8) is 0 Å². The molecule has 1 atom stereocenters. The second-order valence-electron chi connectivity index (χ2n) is 5.36. The van der Waals surface area contributed by atoms with Crippen molar-refractivity contribution in [2.24, 2.45) is 0 Å². The van der Waals surface area contributed by atoms with Gasteiger partial charge in [-0.2, -0.15) is 0 Å². The van der Waals surface area contributed by atoms with Crippen molar-refractivity contribution in [1.29, 1.82) is 0 Å². The summed E-state index contributed by atoms with van der Waals surface area (Å²) in [4.78, 5) is 27.0. The largest absolute Gasteiger partial charge is 0.480 e. The molecule has 0 spiro atoms. The number of aromatic nitrogens is 1. The summed E-state index contributed by atoms with van der Waals surface area (Å²) in [7, 11) is 0. The van der Waals surface area contributed by atoms with Gasteiger partial charge in [-0.25, -0.2) is 14.6 Å². The standard InChI is InChI=1S/C13H16Br2N2O4/c1-13(2,3)21-12(20)16-8(11(18)19)4-7-5-9(14)17-10(15)6-7/h5-6,8H,4H2,1-3H3,(H,16,20)(H,18,19). The van der Waals surface area contributed by atoms with Crippen molar-refractivity contribution >= 4 is 43.9 Å². The SMILES string of the molecule is CC(C)(C)OC(=O)NC(Cc1cc(Br)nc(Br)c1)C(=O)O. The van der Waals surface area contributed by atoms with Crippen molar-refractivity contribution in [3.05, 3.63) is 26.9 Å². The molecule has 116 valence electrons. The molecule has 1 rings (SSSR count). The number of aliphatic carboxylic acids is 1. The molecular formula is C13H16Br2N2O4. The molecule has 0 aliphatic heterocycles. The van der Waals surface area contributed by atoms with Gasteiger partial charge in [-0.05, 0) is 70.3 Å². The number of ether oxygens (including phenoxy) is 1. The van der Waals surface area contributed by atoms with Gasteiger partial charge < -0.3 is 15.2 Å². The highest BCUT2D eigenvalue weighted by molar-refractivity contribution is 9.11. The van der Waals surface area contributed by atoms with Gasteiger partial charge in [0.15, 0.2) is 0 Å². The maximum atomic E-state index is 11.7. The van der Waals surface area contributed by atoms with Crippen LogP contribution in [0.25, 0.3) is 0 Å². The predicted molar refractivity (Wildman–Crippen MR) is 84.1 cm³/mol. The number of pyridine rings is 1. The first-order valence-corrected chi connectivity index (χ1v) is 7.70. The maximum Gasteiger partial charge on any atom is 0.408 e. The average molecular weight is 424 g/mol. The monoisotopic (exact) mass is 422 g/mol. The van der Waals surface area contributed by atoms with E-state index in [2.05, 4.69) is 42.2 Å². The molecule has 0 fully saturated rings. The summed E-state index contributed by atoms with van der Waals surface area (Å²) in [6.45, 7) is 5.12. The lowest BCUT2D eigenvalue weighted by Crippen LogP contribution is -2.44. The number of carbonyl (C=O) groups excluding carboxylic acids is 1. The number of alkyl carbamates (subject to hydrolysis) is 1. The Labute approximate surface area is 139 Å². The Hall–Kier alpha value is -1.15. The van der Waals surface area contributed by atoms with Crippen LogP contribution >= 0.6 is 31.9 Å². The summed E-state index contributed by atoms with van der Waals surface area (Å²) in [6, 6.07) is 2.30. The number of carboxylic acids is 1. The number of nitrogens with one attached hydrogen (secondary N) is 1. The molecule has 0 saturated carbocycles. The van der Waals surface area contributed by atoms with Crippen molar-refractivity contribution in [2.45, 2.75) is 38.8 Å². The molecule has 6 nitrogen and oxygen atoms in total. The maximum absolute atomic E-state index is 11.7. The van der Waals surface area contributed by atoms with Crippen LogP contribution < -0.4 is 5.32 Å². The van der Waals surface area contributed by atoms with E-state index >= 15 is 0 Å². The Bertz CT molecular complexity index is 523. The summed E-state index contributed by atoms with van der Waals surface area (Å²) in [6.07, 6.45) is -0.643. The Kier molecular flexibility index (Phi) is 6.15. The molecule has 0 aromatic carbocycles. The third-order valence-corrected chi connectivity index (χ3v) is 3.06. The molecule has 1 heterocycles. The first kappa shape index (κ1) is 17.9. The number of carboxylic acid groups (broad SMARTS) is 1. The first-order chi connectivity index (χ1) is 9.56. The highest BCUT2D eigenvalue weighted by Gasteiger charge is 2.24. The molecule has 2 N–H and O–H groups in total. The number of carbonyl (C=O) groups is 2. The van der Waals surface area contributed by atoms with Crippen LogP contribution in [0.5, 0.6) is 0 Å². The molecule has 0 radical (unpaired) electrons. The number of rotatable bonds is 4. The fraction of sp³-hybridized carbons (Fsp3) is 0.462. The van der Waals surface area contributed by atoms with Crippen LogP contribution in [0, 0.1) is 0 Å². The topological polar surface area (TPSA) is 88.5 Å². The zero-order valence-electron chi connectivity index (χ0n) is 11.8.